The van der Waals surface area contributed by atoms with Gasteiger partial charge in [0.15, 0.2) is 0 Å². The van der Waals surface area contributed by atoms with Crippen LogP contribution in [0.5, 0.6) is 5.75 Å². The van der Waals surface area contributed by atoms with Crippen molar-refractivity contribution in [2.75, 3.05) is 13.2 Å². The maximum atomic E-state index is 5.81. The van der Waals surface area contributed by atoms with E-state index in [0.717, 1.165) is 24.8 Å². The first kappa shape index (κ1) is 12.4. The lowest BCUT2D eigenvalue weighted by Crippen LogP contribution is -2.34. The summed E-state index contributed by atoms with van der Waals surface area (Å²) in [5.41, 5.74) is 0. The van der Waals surface area contributed by atoms with Gasteiger partial charge < -0.3 is 10.1 Å². The van der Waals surface area contributed by atoms with E-state index in [1.165, 1.54) is 25.7 Å². The number of benzene rings is 1. The van der Waals surface area contributed by atoms with Crippen LogP contribution in [0.4, 0.5) is 0 Å². The topological polar surface area (TPSA) is 21.3 Å². The van der Waals surface area contributed by atoms with Gasteiger partial charge in [-0.3, -0.25) is 0 Å². The normalized spacial score (nSPS) is 16.8. The molecule has 1 aromatic carbocycles. The van der Waals surface area contributed by atoms with Crippen LogP contribution < -0.4 is 10.1 Å². The molecular weight excluding hydrogens is 210 g/mol. The van der Waals surface area contributed by atoms with Gasteiger partial charge in [0.1, 0.15) is 12.4 Å². The molecule has 1 saturated carbocycles. The first-order chi connectivity index (χ1) is 8.38. The molecule has 0 saturated heterocycles. The molecule has 17 heavy (non-hydrogen) atoms. The fraction of sp³-hybridized carbons (Fsp3) is 0.600. The van der Waals surface area contributed by atoms with Gasteiger partial charge in [-0.2, -0.15) is 0 Å². The van der Waals surface area contributed by atoms with Crippen molar-refractivity contribution in [3.8, 4) is 5.75 Å². The summed E-state index contributed by atoms with van der Waals surface area (Å²) in [6.45, 7) is 3.96. The summed E-state index contributed by atoms with van der Waals surface area (Å²) in [6.07, 6.45) is 5.48. The Morgan fingerprint density at radius 3 is 2.71 bits per heavy atom. The molecule has 0 spiro atoms. The minimum Gasteiger partial charge on any atom is -0.492 e. The lowest BCUT2D eigenvalue weighted by Gasteiger charge is -2.18. The van der Waals surface area contributed by atoms with E-state index in [2.05, 4.69) is 12.2 Å². The molecule has 1 N–H and O–H groups in total. The molecule has 0 bridgehead atoms. The Bertz CT molecular complexity index is 308. The molecule has 1 atom stereocenters. The fourth-order valence-electron chi connectivity index (χ4n) is 2.09. The Morgan fingerprint density at radius 2 is 2.06 bits per heavy atom. The first-order valence-corrected chi connectivity index (χ1v) is 6.79. The van der Waals surface area contributed by atoms with Gasteiger partial charge in [0.25, 0.3) is 0 Å². The van der Waals surface area contributed by atoms with Gasteiger partial charge >= 0.3 is 0 Å². The molecule has 2 rings (SSSR count). The van der Waals surface area contributed by atoms with Crippen LogP contribution >= 0.6 is 0 Å². The van der Waals surface area contributed by atoms with E-state index in [-0.39, 0.29) is 0 Å². The molecule has 1 fully saturated rings. The van der Waals surface area contributed by atoms with Crippen molar-refractivity contribution in [2.24, 2.45) is 5.92 Å². The summed E-state index contributed by atoms with van der Waals surface area (Å²) in [6, 6.07) is 10.6. The van der Waals surface area contributed by atoms with Gasteiger partial charge in [-0.15, -0.1) is 0 Å². The highest BCUT2D eigenvalue weighted by molar-refractivity contribution is 5.20. The lowest BCUT2D eigenvalue weighted by molar-refractivity contribution is 0.254. The largest absolute Gasteiger partial charge is 0.492 e. The van der Waals surface area contributed by atoms with Crippen molar-refractivity contribution in [1.29, 1.82) is 0 Å². The monoisotopic (exact) mass is 233 g/mol. The van der Waals surface area contributed by atoms with E-state index in [1.54, 1.807) is 0 Å². The average molecular weight is 233 g/mol. The standard InChI is InChI=1S/C15H23NO/c1-2-16-14(11-10-13-8-9-13)12-17-15-6-4-3-5-7-15/h3-7,13-14,16H,2,8-12H2,1H3. The number of nitrogens with one attached hydrogen (secondary N) is 1. The predicted octanol–water partition coefficient (Wildman–Crippen LogP) is 3.23. The summed E-state index contributed by atoms with van der Waals surface area (Å²) in [5.74, 6) is 1.98. The molecule has 1 aliphatic carbocycles. The van der Waals surface area contributed by atoms with E-state index < -0.39 is 0 Å². The van der Waals surface area contributed by atoms with E-state index in [0.29, 0.717) is 6.04 Å². The number of para-hydroxylation sites is 1. The SMILES string of the molecule is CCNC(CCC1CC1)COc1ccccc1. The third-order valence-electron chi connectivity index (χ3n) is 3.31. The Balaban J connectivity index is 1.71. The number of rotatable bonds is 8. The summed E-state index contributed by atoms with van der Waals surface area (Å²) >= 11 is 0. The van der Waals surface area contributed by atoms with E-state index in [4.69, 9.17) is 4.74 Å². The third-order valence-corrected chi connectivity index (χ3v) is 3.31. The van der Waals surface area contributed by atoms with Crippen LogP contribution in [0.25, 0.3) is 0 Å². The Kier molecular flexibility index (Phi) is 4.87. The van der Waals surface area contributed by atoms with Crippen LogP contribution in [0, 0.1) is 5.92 Å². The third kappa shape index (κ3) is 4.78. The van der Waals surface area contributed by atoms with Crippen LogP contribution in [0.3, 0.4) is 0 Å². The predicted molar refractivity (Wildman–Crippen MR) is 71.4 cm³/mol. The van der Waals surface area contributed by atoms with E-state index >= 15 is 0 Å². The second-order valence-electron chi connectivity index (χ2n) is 4.90. The molecule has 1 unspecified atom stereocenters. The lowest BCUT2D eigenvalue weighted by atomic mass is 10.1. The second kappa shape index (κ2) is 6.65. The molecule has 1 aromatic rings. The summed E-state index contributed by atoms with van der Waals surface area (Å²) in [5, 5.41) is 3.51. The molecule has 2 nitrogen and oxygen atoms in total. The molecule has 0 radical (unpaired) electrons. The zero-order valence-corrected chi connectivity index (χ0v) is 10.7. The van der Waals surface area contributed by atoms with Gasteiger partial charge in [0.05, 0.1) is 0 Å². The summed E-state index contributed by atoms with van der Waals surface area (Å²) < 4.78 is 5.81. The molecule has 94 valence electrons. The maximum absolute atomic E-state index is 5.81. The zero-order chi connectivity index (χ0) is 11.9. The molecule has 0 aromatic heterocycles. The Morgan fingerprint density at radius 1 is 1.29 bits per heavy atom. The Labute approximate surface area is 104 Å². The summed E-state index contributed by atoms with van der Waals surface area (Å²) in [7, 11) is 0. The number of hydrogen-bond acceptors (Lipinski definition) is 2. The second-order valence-corrected chi connectivity index (χ2v) is 4.90. The first-order valence-electron chi connectivity index (χ1n) is 6.79. The van der Waals surface area contributed by atoms with Crippen LogP contribution in [-0.4, -0.2) is 19.2 Å². The van der Waals surface area contributed by atoms with E-state index in [9.17, 15) is 0 Å². The van der Waals surface area contributed by atoms with Crippen LogP contribution in [-0.2, 0) is 0 Å². The van der Waals surface area contributed by atoms with E-state index in [1.807, 2.05) is 30.3 Å². The molecular formula is C15H23NO. The van der Waals surface area contributed by atoms with Gasteiger partial charge in [-0.1, -0.05) is 38.0 Å². The number of ether oxygens (including phenoxy) is 1. The number of hydrogen-bond donors (Lipinski definition) is 1. The molecule has 0 amide bonds. The highest BCUT2D eigenvalue weighted by Gasteiger charge is 2.22. The zero-order valence-electron chi connectivity index (χ0n) is 10.7. The average Bonchev–Trinajstić information content (AvgIpc) is 3.18. The van der Waals surface area contributed by atoms with Gasteiger partial charge in [0, 0.05) is 6.04 Å². The molecule has 0 aliphatic heterocycles. The van der Waals surface area contributed by atoms with Crippen LogP contribution in [0.1, 0.15) is 32.6 Å². The minimum atomic E-state index is 0.501. The van der Waals surface area contributed by atoms with Gasteiger partial charge in [-0.05, 0) is 37.4 Å². The fourth-order valence-corrected chi connectivity index (χ4v) is 2.09. The highest BCUT2D eigenvalue weighted by atomic mass is 16.5. The van der Waals surface area contributed by atoms with Crippen molar-refractivity contribution in [3.63, 3.8) is 0 Å². The van der Waals surface area contributed by atoms with Crippen molar-refractivity contribution >= 4 is 0 Å². The van der Waals surface area contributed by atoms with Crippen molar-refractivity contribution in [1.82, 2.24) is 5.32 Å². The minimum absolute atomic E-state index is 0.501. The van der Waals surface area contributed by atoms with Crippen LogP contribution in [0.2, 0.25) is 0 Å². The molecule has 2 heteroatoms. The van der Waals surface area contributed by atoms with Crippen molar-refractivity contribution < 1.29 is 4.74 Å². The Hall–Kier alpha value is -1.02. The van der Waals surface area contributed by atoms with Crippen molar-refractivity contribution in [3.05, 3.63) is 30.3 Å². The van der Waals surface area contributed by atoms with Crippen LogP contribution in [0.15, 0.2) is 30.3 Å². The smallest absolute Gasteiger partial charge is 0.119 e. The highest BCUT2D eigenvalue weighted by Crippen LogP contribution is 2.33. The van der Waals surface area contributed by atoms with Gasteiger partial charge in [-0.25, -0.2) is 0 Å². The molecule has 1 aliphatic rings. The van der Waals surface area contributed by atoms with Gasteiger partial charge in [0.2, 0.25) is 0 Å². The van der Waals surface area contributed by atoms with Crippen molar-refractivity contribution in [2.45, 2.75) is 38.6 Å². The summed E-state index contributed by atoms with van der Waals surface area (Å²) in [4.78, 5) is 0. The number of likely N-dealkylation sites (N-methyl/N-ethyl adjacent to an activating group) is 1. The molecule has 0 heterocycles. The maximum Gasteiger partial charge on any atom is 0.119 e. The quantitative estimate of drug-likeness (QED) is 0.744.